The summed E-state index contributed by atoms with van der Waals surface area (Å²) in [7, 11) is 0. The Hall–Kier alpha value is -2.33. The topological polar surface area (TPSA) is 63.9 Å². The molecule has 19 heavy (non-hydrogen) atoms. The van der Waals surface area contributed by atoms with Crippen molar-refractivity contribution in [2.24, 2.45) is 5.73 Å². The fourth-order valence-electron chi connectivity index (χ4n) is 2.11. The number of nitrogens with two attached hydrogens (primary N) is 1. The summed E-state index contributed by atoms with van der Waals surface area (Å²) in [5, 5.41) is 8.06. The van der Waals surface area contributed by atoms with Crippen molar-refractivity contribution in [1.29, 1.82) is 0 Å². The lowest BCUT2D eigenvalue weighted by Gasteiger charge is -2.10. The smallest absolute Gasteiger partial charge is 0.131 e. The van der Waals surface area contributed by atoms with Crippen molar-refractivity contribution >= 4 is 10.9 Å². The summed E-state index contributed by atoms with van der Waals surface area (Å²) in [6.07, 6.45) is 1.81. The van der Waals surface area contributed by atoms with Gasteiger partial charge in [-0.1, -0.05) is 12.1 Å². The van der Waals surface area contributed by atoms with Gasteiger partial charge in [0.2, 0.25) is 0 Å². The van der Waals surface area contributed by atoms with Gasteiger partial charge in [-0.3, -0.25) is 5.10 Å². The van der Waals surface area contributed by atoms with E-state index in [4.69, 9.17) is 10.5 Å². The molecule has 0 bridgehead atoms. The van der Waals surface area contributed by atoms with Gasteiger partial charge in [-0.15, -0.1) is 0 Å². The second-order valence-electron chi connectivity index (χ2n) is 4.47. The number of aryl methyl sites for hydroxylation is 1. The van der Waals surface area contributed by atoms with Crippen molar-refractivity contribution in [3.8, 4) is 11.5 Å². The number of aromatic nitrogens is 2. The summed E-state index contributed by atoms with van der Waals surface area (Å²) in [6.45, 7) is 2.54. The summed E-state index contributed by atoms with van der Waals surface area (Å²) in [5.74, 6) is 1.64. The SMILES string of the molecule is Cc1c(Oc2cccc(CN)c2)ccc2[nH]ncc12. The Morgan fingerprint density at radius 3 is 3.00 bits per heavy atom. The molecule has 2 aromatic carbocycles. The van der Waals surface area contributed by atoms with E-state index in [1.165, 1.54) is 0 Å². The Kier molecular flexibility index (Phi) is 2.93. The second-order valence-corrected chi connectivity index (χ2v) is 4.47. The van der Waals surface area contributed by atoms with Crippen molar-refractivity contribution in [1.82, 2.24) is 10.2 Å². The molecule has 0 aliphatic carbocycles. The molecule has 0 saturated carbocycles. The van der Waals surface area contributed by atoms with Crippen LogP contribution in [0.5, 0.6) is 11.5 Å². The lowest BCUT2D eigenvalue weighted by atomic mass is 10.1. The zero-order chi connectivity index (χ0) is 13.2. The fourth-order valence-corrected chi connectivity index (χ4v) is 2.11. The van der Waals surface area contributed by atoms with Gasteiger partial charge in [-0.25, -0.2) is 0 Å². The van der Waals surface area contributed by atoms with Crippen LogP contribution in [-0.2, 0) is 6.54 Å². The zero-order valence-corrected chi connectivity index (χ0v) is 10.7. The van der Waals surface area contributed by atoms with Gasteiger partial charge in [0, 0.05) is 17.5 Å². The predicted molar refractivity (Wildman–Crippen MR) is 75.2 cm³/mol. The minimum absolute atomic E-state index is 0.511. The summed E-state index contributed by atoms with van der Waals surface area (Å²) >= 11 is 0. The first-order valence-corrected chi connectivity index (χ1v) is 6.17. The number of nitrogens with zero attached hydrogens (tertiary/aromatic N) is 1. The van der Waals surface area contributed by atoms with Gasteiger partial charge in [0.05, 0.1) is 11.7 Å². The van der Waals surface area contributed by atoms with Crippen LogP contribution in [0.3, 0.4) is 0 Å². The Labute approximate surface area is 111 Å². The molecule has 1 heterocycles. The van der Waals surface area contributed by atoms with E-state index in [0.717, 1.165) is 33.5 Å². The molecule has 3 N–H and O–H groups in total. The van der Waals surface area contributed by atoms with Crippen LogP contribution in [0.15, 0.2) is 42.6 Å². The predicted octanol–water partition coefficient (Wildman–Crippen LogP) is 3.12. The number of fused-ring (bicyclic) bond motifs is 1. The van der Waals surface area contributed by atoms with E-state index < -0.39 is 0 Å². The van der Waals surface area contributed by atoms with Crippen LogP contribution in [-0.4, -0.2) is 10.2 Å². The molecule has 3 rings (SSSR count). The van der Waals surface area contributed by atoms with E-state index in [0.29, 0.717) is 6.54 Å². The molecule has 0 radical (unpaired) electrons. The minimum Gasteiger partial charge on any atom is -0.457 e. The standard InChI is InChI=1S/C15H15N3O/c1-10-13-9-17-18-14(13)5-6-15(10)19-12-4-2-3-11(7-12)8-16/h2-7,9H,8,16H2,1H3,(H,17,18). The number of ether oxygens (including phenoxy) is 1. The third-order valence-corrected chi connectivity index (χ3v) is 3.21. The number of nitrogens with one attached hydrogen (secondary N) is 1. The van der Waals surface area contributed by atoms with Gasteiger partial charge in [0.15, 0.2) is 0 Å². The van der Waals surface area contributed by atoms with Crippen molar-refractivity contribution in [2.45, 2.75) is 13.5 Å². The molecular formula is C15H15N3O. The van der Waals surface area contributed by atoms with Gasteiger partial charge in [-0.05, 0) is 36.8 Å². The van der Waals surface area contributed by atoms with E-state index in [2.05, 4.69) is 10.2 Å². The number of H-pyrrole nitrogens is 1. The van der Waals surface area contributed by atoms with Crippen molar-refractivity contribution in [3.63, 3.8) is 0 Å². The van der Waals surface area contributed by atoms with E-state index in [1.807, 2.05) is 49.5 Å². The molecule has 0 aliphatic heterocycles. The first kappa shape index (κ1) is 11.7. The summed E-state index contributed by atoms with van der Waals surface area (Å²) in [6, 6.07) is 11.7. The lowest BCUT2D eigenvalue weighted by Crippen LogP contribution is -1.96. The molecule has 96 valence electrons. The van der Waals surface area contributed by atoms with Crippen LogP contribution in [0.2, 0.25) is 0 Å². The third kappa shape index (κ3) is 2.18. The molecule has 0 spiro atoms. The highest BCUT2D eigenvalue weighted by Gasteiger charge is 2.07. The lowest BCUT2D eigenvalue weighted by molar-refractivity contribution is 0.479. The molecule has 3 aromatic rings. The summed E-state index contributed by atoms with van der Waals surface area (Å²) in [5.41, 5.74) is 8.78. The van der Waals surface area contributed by atoms with Crippen LogP contribution in [0, 0.1) is 6.92 Å². The molecule has 0 unspecified atom stereocenters. The quantitative estimate of drug-likeness (QED) is 0.753. The monoisotopic (exact) mass is 253 g/mol. The number of hydrogen-bond acceptors (Lipinski definition) is 3. The number of aromatic amines is 1. The van der Waals surface area contributed by atoms with E-state index in [9.17, 15) is 0 Å². The van der Waals surface area contributed by atoms with E-state index in [1.54, 1.807) is 0 Å². The van der Waals surface area contributed by atoms with Crippen molar-refractivity contribution < 1.29 is 4.74 Å². The molecule has 0 fully saturated rings. The van der Waals surface area contributed by atoms with Crippen LogP contribution in [0.1, 0.15) is 11.1 Å². The highest BCUT2D eigenvalue weighted by Crippen LogP contribution is 2.30. The molecule has 1 aromatic heterocycles. The first-order valence-electron chi connectivity index (χ1n) is 6.17. The van der Waals surface area contributed by atoms with Gasteiger partial charge in [0.1, 0.15) is 11.5 Å². The highest BCUT2D eigenvalue weighted by molar-refractivity contribution is 5.83. The maximum atomic E-state index is 5.93. The van der Waals surface area contributed by atoms with Gasteiger partial charge in [0.25, 0.3) is 0 Å². The highest BCUT2D eigenvalue weighted by atomic mass is 16.5. The van der Waals surface area contributed by atoms with Gasteiger partial charge in [-0.2, -0.15) is 5.10 Å². The van der Waals surface area contributed by atoms with Crippen LogP contribution >= 0.6 is 0 Å². The van der Waals surface area contributed by atoms with Crippen molar-refractivity contribution in [2.75, 3.05) is 0 Å². The maximum Gasteiger partial charge on any atom is 0.131 e. The Balaban J connectivity index is 1.98. The van der Waals surface area contributed by atoms with Crippen LogP contribution < -0.4 is 10.5 Å². The zero-order valence-electron chi connectivity index (χ0n) is 10.7. The van der Waals surface area contributed by atoms with E-state index in [-0.39, 0.29) is 0 Å². The average molecular weight is 253 g/mol. The van der Waals surface area contributed by atoms with Gasteiger partial charge >= 0.3 is 0 Å². The molecule has 4 nitrogen and oxygen atoms in total. The normalized spacial score (nSPS) is 10.8. The largest absolute Gasteiger partial charge is 0.457 e. The molecule has 4 heteroatoms. The Bertz CT molecular complexity index is 718. The Morgan fingerprint density at radius 1 is 1.26 bits per heavy atom. The summed E-state index contributed by atoms with van der Waals surface area (Å²) < 4.78 is 5.93. The first-order chi connectivity index (χ1) is 9.28. The fraction of sp³-hybridized carbons (Fsp3) is 0.133. The minimum atomic E-state index is 0.511. The number of benzene rings is 2. The average Bonchev–Trinajstić information content (AvgIpc) is 2.91. The van der Waals surface area contributed by atoms with Crippen LogP contribution in [0.25, 0.3) is 10.9 Å². The Morgan fingerprint density at radius 2 is 2.16 bits per heavy atom. The summed E-state index contributed by atoms with van der Waals surface area (Å²) in [4.78, 5) is 0. The molecule has 0 amide bonds. The maximum absolute atomic E-state index is 5.93. The third-order valence-electron chi connectivity index (χ3n) is 3.21. The molecule has 0 atom stereocenters. The molecule has 0 aliphatic rings. The number of rotatable bonds is 3. The second kappa shape index (κ2) is 4.74. The number of hydrogen-bond donors (Lipinski definition) is 2. The van der Waals surface area contributed by atoms with E-state index >= 15 is 0 Å². The van der Waals surface area contributed by atoms with Crippen LogP contribution in [0.4, 0.5) is 0 Å². The van der Waals surface area contributed by atoms with Gasteiger partial charge < -0.3 is 10.5 Å². The molecule has 0 saturated heterocycles. The molecular weight excluding hydrogens is 238 g/mol. The van der Waals surface area contributed by atoms with Crippen molar-refractivity contribution in [3.05, 3.63) is 53.7 Å².